The van der Waals surface area contributed by atoms with Crippen LogP contribution < -0.4 is 9.47 Å². The molecule has 1 fully saturated rings. The fourth-order valence-corrected chi connectivity index (χ4v) is 3.11. The second-order valence-electron chi connectivity index (χ2n) is 6.67. The summed E-state index contributed by atoms with van der Waals surface area (Å²) in [5.74, 6) is 1.41. The first kappa shape index (κ1) is 17.4. The van der Waals surface area contributed by atoms with Crippen LogP contribution in [0.1, 0.15) is 26.3 Å². The molecule has 2 aliphatic rings. The number of fused-ring (bicyclic) bond motifs is 1. The zero-order chi connectivity index (χ0) is 18.0. The van der Waals surface area contributed by atoms with Crippen LogP contribution in [0.5, 0.6) is 11.5 Å². The summed E-state index contributed by atoms with van der Waals surface area (Å²) >= 11 is 0. The summed E-state index contributed by atoms with van der Waals surface area (Å²) in [6.07, 6.45) is -0.315. The Hall–Kier alpha value is -2.44. The Balaban J connectivity index is 1.67. The van der Waals surface area contributed by atoms with Crippen molar-refractivity contribution in [2.24, 2.45) is 0 Å². The van der Waals surface area contributed by atoms with E-state index in [-0.39, 0.29) is 18.8 Å². The minimum atomic E-state index is -0.687. The normalized spacial score (nSPS) is 16.8. The molecule has 0 unspecified atom stereocenters. The maximum absolute atomic E-state index is 13.0. The Bertz CT molecular complexity index is 665. The summed E-state index contributed by atoms with van der Waals surface area (Å²) in [6, 6.07) is 5.61. The average molecular weight is 348 g/mol. The first-order valence-electron chi connectivity index (χ1n) is 8.54. The van der Waals surface area contributed by atoms with Crippen LogP contribution in [0.15, 0.2) is 18.2 Å². The molecule has 0 spiro atoms. The van der Waals surface area contributed by atoms with Crippen molar-refractivity contribution in [3.05, 3.63) is 23.8 Å². The quantitative estimate of drug-likeness (QED) is 0.836. The Morgan fingerprint density at radius 3 is 2.40 bits per heavy atom. The van der Waals surface area contributed by atoms with Crippen LogP contribution >= 0.6 is 0 Å². The Morgan fingerprint density at radius 1 is 1.08 bits per heavy atom. The smallest absolute Gasteiger partial charge is 0.409 e. The Labute approximate surface area is 147 Å². The molecule has 1 saturated heterocycles. The number of nitrogens with zero attached hydrogens (tertiary/aromatic N) is 2. The number of rotatable bonds is 3. The van der Waals surface area contributed by atoms with Crippen molar-refractivity contribution in [3.8, 4) is 11.5 Å². The third-order valence-electron chi connectivity index (χ3n) is 4.72. The van der Waals surface area contributed by atoms with Crippen molar-refractivity contribution in [2.45, 2.75) is 26.2 Å². The molecule has 2 amide bonds. The summed E-state index contributed by atoms with van der Waals surface area (Å²) in [7, 11) is 0. The van der Waals surface area contributed by atoms with Gasteiger partial charge in [0, 0.05) is 26.2 Å². The van der Waals surface area contributed by atoms with E-state index in [1.165, 1.54) is 0 Å². The molecule has 3 rings (SSSR count). The number of amides is 2. The van der Waals surface area contributed by atoms with Gasteiger partial charge in [0.2, 0.25) is 12.7 Å². The summed E-state index contributed by atoms with van der Waals surface area (Å²) in [5.41, 5.74) is 0.196. The van der Waals surface area contributed by atoms with Crippen molar-refractivity contribution >= 4 is 12.0 Å². The van der Waals surface area contributed by atoms with E-state index in [9.17, 15) is 9.59 Å². The molecule has 25 heavy (non-hydrogen) atoms. The summed E-state index contributed by atoms with van der Waals surface area (Å²) in [6.45, 7) is 8.15. The van der Waals surface area contributed by atoms with Gasteiger partial charge in [-0.05, 0) is 38.5 Å². The molecule has 7 heteroatoms. The number of hydrogen-bond donors (Lipinski definition) is 0. The van der Waals surface area contributed by atoms with E-state index in [1.807, 2.05) is 32.0 Å². The highest BCUT2D eigenvalue weighted by Crippen LogP contribution is 2.37. The molecule has 0 bridgehead atoms. The van der Waals surface area contributed by atoms with Gasteiger partial charge in [-0.25, -0.2) is 4.79 Å². The number of carbonyl (C=O) groups is 2. The van der Waals surface area contributed by atoms with Gasteiger partial charge in [-0.1, -0.05) is 6.07 Å². The van der Waals surface area contributed by atoms with Gasteiger partial charge in [0.15, 0.2) is 11.5 Å². The van der Waals surface area contributed by atoms with Crippen LogP contribution in [0.3, 0.4) is 0 Å². The van der Waals surface area contributed by atoms with Gasteiger partial charge in [0.25, 0.3) is 0 Å². The maximum atomic E-state index is 13.0. The van der Waals surface area contributed by atoms with Crippen molar-refractivity contribution < 1.29 is 23.8 Å². The molecule has 0 N–H and O–H groups in total. The van der Waals surface area contributed by atoms with Gasteiger partial charge in [0.1, 0.15) is 0 Å². The van der Waals surface area contributed by atoms with Crippen LogP contribution in [0.4, 0.5) is 4.79 Å². The highest BCUT2D eigenvalue weighted by molar-refractivity contribution is 5.88. The van der Waals surface area contributed by atoms with E-state index in [0.717, 1.165) is 5.56 Å². The zero-order valence-electron chi connectivity index (χ0n) is 14.9. The maximum Gasteiger partial charge on any atom is 0.409 e. The number of piperazine rings is 1. The molecule has 0 aliphatic carbocycles. The van der Waals surface area contributed by atoms with Gasteiger partial charge in [0.05, 0.1) is 12.0 Å². The molecule has 1 aromatic carbocycles. The topological polar surface area (TPSA) is 68.3 Å². The molecule has 136 valence electrons. The minimum absolute atomic E-state index is 0.0369. The van der Waals surface area contributed by atoms with Crippen LogP contribution in [0.25, 0.3) is 0 Å². The standard InChI is InChI=1S/C18H24N2O5/c1-4-23-17(22)20-9-7-19(8-10-20)16(21)18(2,3)13-5-6-14-15(11-13)25-12-24-14/h5-6,11H,4,7-10,12H2,1-3H3. The Kier molecular flexibility index (Phi) is 4.74. The molecule has 0 aromatic heterocycles. The van der Waals surface area contributed by atoms with Crippen molar-refractivity contribution in [3.63, 3.8) is 0 Å². The van der Waals surface area contributed by atoms with E-state index in [4.69, 9.17) is 14.2 Å². The molecular formula is C18H24N2O5. The number of hydrogen-bond acceptors (Lipinski definition) is 5. The van der Waals surface area contributed by atoms with Gasteiger partial charge < -0.3 is 24.0 Å². The SMILES string of the molecule is CCOC(=O)N1CCN(C(=O)C(C)(C)c2ccc3c(c2)OCO3)CC1. The van der Waals surface area contributed by atoms with E-state index >= 15 is 0 Å². The lowest BCUT2D eigenvalue weighted by Gasteiger charge is -2.38. The first-order valence-corrected chi connectivity index (χ1v) is 8.54. The predicted molar refractivity (Wildman–Crippen MR) is 90.8 cm³/mol. The monoisotopic (exact) mass is 348 g/mol. The summed E-state index contributed by atoms with van der Waals surface area (Å²) < 4.78 is 15.8. The second kappa shape index (κ2) is 6.82. The molecule has 0 atom stereocenters. The van der Waals surface area contributed by atoms with E-state index < -0.39 is 5.41 Å². The van der Waals surface area contributed by atoms with Gasteiger partial charge >= 0.3 is 6.09 Å². The summed E-state index contributed by atoms with van der Waals surface area (Å²) in [4.78, 5) is 28.3. The summed E-state index contributed by atoms with van der Waals surface area (Å²) in [5, 5.41) is 0. The molecule has 0 saturated carbocycles. The van der Waals surface area contributed by atoms with E-state index in [0.29, 0.717) is 44.3 Å². The van der Waals surface area contributed by atoms with E-state index in [1.54, 1.807) is 16.7 Å². The number of ether oxygens (including phenoxy) is 3. The molecule has 2 heterocycles. The van der Waals surface area contributed by atoms with E-state index in [2.05, 4.69) is 0 Å². The lowest BCUT2D eigenvalue weighted by molar-refractivity contribution is -0.137. The molecule has 0 radical (unpaired) electrons. The predicted octanol–water partition coefficient (Wildman–Crippen LogP) is 1.99. The molecule has 2 aliphatic heterocycles. The Morgan fingerprint density at radius 2 is 1.72 bits per heavy atom. The lowest BCUT2D eigenvalue weighted by atomic mass is 9.82. The second-order valence-corrected chi connectivity index (χ2v) is 6.67. The highest BCUT2D eigenvalue weighted by atomic mass is 16.7. The zero-order valence-corrected chi connectivity index (χ0v) is 14.9. The van der Waals surface area contributed by atoms with Crippen molar-refractivity contribution in [1.29, 1.82) is 0 Å². The first-order chi connectivity index (χ1) is 11.9. The van der Waals surface area contributed by atoms with Crippen LogP contribution in [0.2, 0.25) is 0 Å². The van der Waals surface area contributed by atoms with Gasteiger partial charge in [-0.2, -0.15) is 0 Å². The molecule has 1 aromatic rings. The number of benzene rings is 1. The van der Waals surface area contributed by atoms with Crippen molar-refractivity contribution in [2.75, 3.05) is 39.6 Å². The minimum Gasteiger partial charge on any atom is -0.454 e. The third kappa shape index (κ3) is 3.36. The molecule has 7 nitrogen and oxygen atoms in total. The van der Waals surface area contributed by atoms with Crippen LogP contribution in [0, 0.1) is 0 Å². The van der Waals surface area contributed by atoms with Crippen LogP contribution in [-0.2, 0) is 14.9 Å². The largest absolute Gasteiger partial charge is 0.454 e. The molecular weight excluding hydrogens is 324 g/mol. The van der Waals surface area contributed by atoms with Crippen LogP contribution in [-0.4, -0.2) is 61.4 Å². The highest BCUT2D eigenvalue weighted by Gasteiger charge is 2.36. The van der Waals surface area contributed by atoms with Gasteiger partial charge in [-0.3, -0.25) is 4.79 Å². The third-order valence-corrected chi connectivity index (χ3v) is 4.72. The van der Waals surface area contributed by atoms with Gasteiger partial charge in [-0.15, -0.1) is 0 Å². The lowest BCUT2D eigenvalue weighted by Crippen LogP contribution is -2.54. The number of carbonyl (C=O) groups excluding carboxylic acids is 2. The fraction of sp³-hybridized carbons (Fsp3) is 0.556. The van der Waals surface area contributed by atoms with Crippen molar-refractivity contribution in [1.82, 2.24) is 9.80 Å². The average Bonchev–Trinajstić information content (AvgIpc) is 3.09. The fourth-order valence-electron chi connectivity index (χ4n) is 3.11.